The molecule has 0 N–H and O–H groups in total. The first-order valence-corrected chi connectivity index (χ1v) is 6.91. The van der Waals surface area contributed by atoms with Crippen molar-refractivity contribution in [2.45, 2.75) is 47.5 Å². The van der Waals surface area contributed by atoms with E-state index in [2.05, 4.69) is 47.4 Å². The van der Waals surface area contributed by atoms with Crippen molar-refractivity contribution in [1.82, 2.24) is 0 Å². The van der Waals surface area contributed by atoms with Crippen molar-refractivity contribution < 1.29 is 0 Å². The van der Waals surface area contributed by atoms with Gasteiger partial charge < -0.3 is 0 Å². The van der Waals surface area contributed by atoms with Gasteiger partial charge in [-0.05, 0) is 62.0 Å². The fourth-order valence-electron chi connectivity index (χ4n) is 2.01. The highest BCUT2D eigenvalue weighted by atomic mass is 14.2. The topological polar surface area (TPSA) is 0 Å². The van der Waals surface area contributed by atoms with Crippen LogP contribution in [0.4, 0.5) is 0 Å². The standard InChI is InChI=1S/C19H28/c1-9-12-15(6)19(16(7)13-10-2)18(11-3)17(8)14(4)5/h9,11-12H,3,6-7,10,13H2,1-2,4-5,8H3/b12-9-,19-18+. The lowest BCUT2D eigenvalue weighted by Crippen LogP contribution is -1.98. The van der Waals surface area contributed by atoms with E-state index in [1.54, 1.807) is 0 Å². The molecule has 0 heterocycles. The van der Waals surface area contributed by atoms with E-state index in [1.165, 1.54) is 11.1 Å². The van der Waals surface area contributed by atoms with Gasteiger partial charge in [-0.25, -0.2) is 0 Å². The maximum atomic E-state index is 4.24. The van der Waals surface area contributed by atoms with Crippen LogP contribution in [0.5, 0.6) is 0 Å². The van der Waals surface area contributed by atoms with Gasteiger partial charge in [-0.3, -0.25) is 0 Å². The molecular weight excluding hydrogens is 228 g/mol. The van der Waals surface area contributed by atoms with Crippen molar-refractivity contribution in [3.63, 3.8) is 0 Å². The minimum absolute atomic E-state index is 0.985. The SMILES string of the molecule is C=C/C(C(C)=C(C)C)=C(/C(=C)/C=C\C)C(=C)CCC. The first-order valence-electron chi connectivity index (χ1n) is 6.91. The number of rotatable bonds is 7. The van der Waals surface area contributed by atoms with E-state index in [0.717, 1.165) is 35.1 Å². The van der Waals surface area contributed by atoms with Crippen molar-refractivity contribution in [3.05, 3.63) is 71.4 Å². The van der Waals surface area contributed by atoms with Gasteiger partial charge in [0.25, 0.3) is 0 Å². The number of hydrogen-bond donors (Lipinski definition) is 0. The summed E-state index contributed by atoms with van der Waals surface area (Å²) < 4.78 is 0. The molecule has 0 bridgehead atoms. The Hall–Kier alpha value is -1.56. The molecule has 0 heteroatoms. The number of hydrogen-bond acceptors (Lipinski definition) is 0. The Kier molecular flexibility index (Phi) is 7.83. The van der Waals surface area contributed by atoms with Gasteiger partial charge in [0, 0.05) is 0 Å². The Morgan fingerprint density at radius 3 is 2.05 bits per heavy atom. The van der Waals surface area contributed by atoms with Crippen LogP contribution in [-0.2, 0) is 0 Å². The predicted molar refractivity (Wildman–Crippen MR) is 89.3 cm³/mol. The van der Waals surface area contributed by atoms with Gasteiger partial charge in [0.2, 0.25) is 0 Å². The van der Waals surface area contributed by atoms with Gasteiger partial charge in [-0.2, -0.15) is 0 Å². The van der Waals surface area contributed by atoms with Crippen molar-refractivity contribution in [2.75, 3.05) is 0 Å². The zero-order chi connectivity index (χ0) is 15.0. The van der Waals surface area contributed by atoms with Crippen LogP contribution in [0.25, 0.3) is 0 Å². The zero-order valence-corrected chi connectivity index (χ0v) is 13.3. The fraction of sp³-hybridized carbons (Fsp3) is 0.368. The summed E-state index contributed by atoms with van der Waals surface area (Å²) in [6, 6.07) is 0. The molecule has 0 radical (unpaired) electrons. The van der Waals surface area contributed by atoms with Crippen LogP contribution in [0.15, 0.2) is 71.4 Å². The lowest BCUT2D eigenvalue weighted by atomic mass is 9.87. The predicted octanol–water partition coefficient (Wildman–Crippen LogP) is 6.31. The Balaban J connectivity index is 6.05. The van der Waals surface area contributed by atoms with E-state index in [0.29, 0.717) is 0 Å². The molecule has 0 nitrogen and oxygen atoms in total. The van der Waals surface area contributed by atoms with E-state index in [-0.39, 0.29) is 0 Å². The van der Waals surface area contributed by atoms with E-state index in [1.807, 2.05) is 25.2 Å². The summed E-state index contributed by atoms with van der Waals surface area (Å²) in [6.07, 6.45) is 8.05. The highest BCUT2D eigenvalue weighted by Crippen LogP contribution is 2.30. The summed E-state index contributed by atoms with van der Waals surface area (Å²) >= 11 is 0. The van der Waals surface area contributed by atoms with Crippen molar-refractivity contribution in [2.24, 2.45) is 0 Å². The summed E-state index contributed by atoms with van der Waals surface area (Å²) in [5.41, 5.74) is 7.01. The Labute approximate surface area is 119 Å². The van der Waals surface area contributed by atoms with E-state index in [9.17, 15) is 0 Å². The van der Waals surface area contributed by atoms with Crippen LogP contribution < -0.4 is 0 Å². The molecule has 19 heavy (non-hydrogen) atoms. The van der Waals surface area contributed by atoms with Gasteiger partial charge in [0.15, 0.2) is 0 Å². The van der Waals surface area contributed by atoms with Crippen molar-refractivity contribution in [1.29, 1.82) is 0 Å². The molecule has 0 aliphatic rings. The minimum atomic E-state index is 0.985. The third-order valence-electron chi connectivity index (χ3n) is 3.22. The van der Waals surface area contributed by atoms with Crippen molar-refractivity contribution in [3.8, 4) is 0 Å². The first-order chi connectivity index (χ1) is 8.90. The van der Waals surface area contributed by atoms with Gasteiger partial charge >= 0.3 is 0 Å². The summed E-state index contributed by atoms with van der Waals surface area (Å²) in [7, 11) is 0. The summed E-state index contributed by atoms with van der Waals surface area (Å²) in [6.45, 7) is 22.9. The molecule has 0 aromatic heterocycles. The first kappa shape index (κ1) is 17.4. The van der Waals surface area contributed by atoms with E-state index < -0.39 is 0 Å². The average molecular weight is 256 g/mol. The largest absolute Gasteiger partial charge is 0.0984 e. The molecule has 0 saturated carbocycles. The van der Waals surface area contributed by atoms with E-state index >= 15 is 0 Å². The van der Waals surface area contributed by atoms with Crippen LogP contribution in [0.3, 0.4) is 0 Å². The molecule has 0 aliphatic heterocycles. The third kappa shape index (κ3) is 4.90. The molecule has 0 aromatic rings. The van der Waals surface area contributed by atoms with Gasteiger partial charge in [0.1, 0.15) is 0 Å². The molecule has 0 aromatic carbocycles. The molecule has 0 spiro atoms. The van der Waals surface area contributed by atoms with Crippen LogP contribution in [-0.4, -0.2) is 0 Å². The fourth-order valence-corrected chi connectivity index (χ4v) is 2.01. The van der Waals surface area contributed by atoms with Gasteiger partial charge in [-0.1, -0.05) is 56.9 Å². The lowest BCUT2D eigenvalue weighted by molar-refractivity contribution is 0.916. The molecule has 0 saturated heterocycles. The second-order valence-corrected chi connectivity index (χ2v) is 5.00. The summed E-state index contributed by atoms with van der Waals surface area (Å²) in [5.74, 6) is 0. The monoisotopic (exact) mass is 256 g/mol. The molecule has 0 unspecified atom stereocenters. The Morgan fingerprint density at radius 2 is 1.68 bits per heavy atom. The molecular formula is C19H28. The third-order valence-corrected chi connectivity index (χ3v) is 3.22. The normalized spacial score (nSPS) is 12.1. The maximum Gasteiger partial charge on any atom is -0.00889 e. The van der Waals surface area contributed by atoms with Gasteiger partial charge in [0.05, 0.1) is 0 Å². The van der Waals surface area contributed by atoms with Crippen molar-refractivity contribution >= 4 is 0 Å². The number of allylic oxidation sites excluding steroid dienone is 9. The Morgan fingerprint density at radius 1 is 1.11 bits per heavy atom. The summed E-state index contributed by atoms with van der Waals surface area (Å²) in [5, 5.41) is 0. The second-order valence-electron chi connectivity index (χ2n) is 5.00. The molecule has 0 fully saturated rings. The summed E-state index contributed by atoms with van der Waals surface area (Å²) in [4.78, 5) is 0. The van der Waals surface area contributed by atoms with Crippen LogP contribution >= 0.6 is 0 Å². The van der Waals surface area contributed by atoms with Gasteiger partial charge in [-0.15, -0.1) is 0 Å². The quantitative estimate of drug-likeness (QED) is 0.468. The molecule has 0 atom stereocenters. The smallest absolute Gasteiger partial charge is 0.00889 e. The second kappa shape index (κ2) is 8.53. The van der Waals surface area contributed by atoms with Crippen LogP contribution in [0.2, 0.25) is 0 Å². The van der Waals surface area contributed by atoms with Crippen LogP contribution in [0, 0.1) is 0 Å². The average Bonchev–Trinajstić information content (AvgIpc) is 2.35. The molecule has 0 amide bonds. The zero-order valence-electron chi connectivity index (χ0n) is 13.3. The maximum absolute atomic E-state index is 4.24. The van der Waals surface area contributed by atoms with E-state index in [4.69, 9.17) is 0 Å². The minimum Gasteiger partial charge on any atom is -0.0984 e. The highest BCUT2D eigenvalue weighted by molar-refractivity contribution is 5.60. The molecule has 104 valence electrons. The highest BCUT2D eigenvalue weighted by Gasteiger charge is 2.12. The Bertz CT molecular complexity index is 446. The van der Waals surface area contributed by atoms with Crippen LogP contribution in [0.1, 0.15) is 47.5 Å². The molecule has 0 aliphatic carbocycles. The lowest BCUT2D eigenvalue weighted by Gasteiger charge is -2.17. The molecule has 0 rings (SSSR count).